The van der Waals surface area contributed by atoms with E-state index in [2.05, 4.69) is 31.2 Å². The Hall–Kier alpha value is -1.55. The molecule has 0 heterocycles. The van der Waals surface area contributed by atoms with E-state index in [1.165, 1.54) is 0 Å². The predicted molar refractivity (Wildman–Crippen MR) is 93.1 cm³/mol. The number of carbonyl (C=O) groups is 1. The number of aliphatic hydroxyl groups is 2. The summed E-state index contributed by atoms with van der Waals surface area (Å²) < 4.78 is 0. The highest BCUT2D eigenvalue weighted by Gasteiger charge is 2.45. The summed E-state index contributed by atoms with van der Waals surface area (Å²) in [5.74, 6) is 5.58. The van der Waals surface area contributed by atoms with Crippen molar-refractivity contribution < 1.29 is 25.0 Å². The van der Waals surface area contributed by atoms with Crippen molar-refractivity contribution in [2.24, 2.45) is 17.8 Å². The van der Waals surface area contributed by atoms with Crippen LogP contribution in [0.5, 0.6) is 0 Å². The fraction of sp³-hybridized carbons (Fsp3) is 0.737. The number of hydrogen-bond acceptors (Lipinski definition) is 5. The monoisotopic (exact) mass is 351 g/mol. The molecule has 0 bridgehead atoms. The SMILES string of the molecule is CCC(CC)CCC(O)C#CC1C(O)CC2=C(NOCC(=O)O)CC21. The molecule has 25 heavy (non-hydrogen) atoms. The van der Waals surface area contributed by atoms with Crippen LogP contribution < -0.4 is 5.48 Å². The topological polar surface area (TPSA) is 99.0 Å². The number of fused-ring (bicyclic) bond motifs is 1. The van der Waals surface area contributed by atoms with Gasteiger partial charge in [-0.1, -0.05) is 38.5 Å². The molecule has 2 aliphatic rings. The van der Waals surface area contributed by atoms with Crippen LogP contribution >= 0.6 is 0 Å². The molecule has 0 aromatic rings. The van der Waals surface area contributed by atoms with Crippen LogP contribution in [0.15, 0.2) is 11.3 Å². The van der Waals surface area contributed by atoms with Crippen LogP contribution in [0.2, 0.25) is 0 Å². The molecule has 0 aliphatic heterocycles. The van der Waals surface area contributed by atoms with Crippen LogP contribution in [0.25, 0.3) is 0 Å². The molecule has 1 saturated carbocycles. The number of carboxylic acids is 1. The van der Waals surface area contributed by atoms with Crippen molar-refractivity contribution in [3.05, 3.63) is 11.3 Å². The fourth-order valence-electron chi connectivity index (χ4n) is 3.65. The number of aliphatic carboxylic acids is 1. The zero-order valence-electron chi connectivity index (χ0n) is 15.0. The van der Waals surface area contributed by atoms with Gasteiger partial charge in [0.1, 0.15) is 6.10 Å². The number of hydrogen-bond donors (Lipinski definition) is 4. The second-order valence-corrected chi connectivity index (χ2v) is 6.96. The molecule has 0 amide bonds. The first kappa shape index (κ1) is 19.8. The van der Waals surface area contributed by atoms with E-state index in [1.54, 1.807) is 0 Å². The molecule has 140 valence electrons. The molecule has 2 rings (SSSR count). The molecule has 6 nitrogen and oxygen atoms in total. The summed E-state index contributed by atoms with van der Waals surface area (Å²) in [6, 6.07) is 0. The average Bonchev–Trinajstić information content (AvgIpc) is 2.81. The molecule has 2 aliphatic carbocycles. The largest absolute Gasteiger partial charge is 0.479 e. The van der Waals surface area contributed by atoms with Crippen LogP contribution in [0.3, 0.4) is 0 Å². The second-order valence-electron chi connectivity index (χ2n) is 6.96. The highest BCUT2D eigenvalue weighted by atomic mass is 16.7. The Morgan fingerprint density at radius 2 is 2.04 bits per heavy atom. The fourth-order valence-corrected chi connectivity index (χ4v) is 3.65. The average molecular weight is 351 g/mol. The van der Waals surface area contributed by atoms with Crippen molar-refractivity contribution in [2.45, 2.75) is 64.6 Å². The minimum Gasteiger partial charge on any atom is -0.479 e. The summed E-state index contributed by atoms with van der Waals surface area (Å²) in [4.78, 5) is 15.3. The Morgan fingerprint density at radius 1 is 1.32 bits per heavy atom. The molecule has 1 fully saturated rings. The summed E-state index contributed by atoms with van der Waals surface area (Å²) in [5.41, 5.74) is 4.57. The molecular weight excluding hydrogens is 322 g/mol. The lowest BCUT2D eigenvalue weighted by molar-refractivity contribution is -0.144. The van der Waals surface area contributed by atoms with E-state index in [9.17, 15) is 15.0 Å². The number of allylic oxidation sites excluding steroid dienone is 1. The zero-order valence-corrected chi connectivity index (χ0v) is 15.0. The smallest absolute Gasteiger partial charge is 0.332 e. The van der Waals surface area contributed by atoms with Crippen molar-refractivity contribution >= 4 is 5.97 Å². The molecular formula is C19H29NO5. The van der Waals surface area contributed by atoms with Gasteiger partial charge in [0, 0.05) is 11.6 Å². The number of nitrogens with one attached hydrogen (secondary N) is 1. The summed E-state index contributed by atoms with van der Waals surface area (Å²) >= 11 is 0. The maximum absolute atomic E-state index is 10.4. The van der Waals surface area contributed by atoms with Gasteiger partial charge in [0.15, 0.2) is 6.61 Å². The van der Waals surface area contributed by atoms with Gasteiger partial charge in [-0.2, -0.15) is 0 Å². The van der Waals surface area contributed by atoms with Gasteiger partial charge in [-0.05, 0) is 37.2 Å². The number of rotatable bonds is 9. The third-order valence-corrected chi connectivity index (χ3v) is 5.35. The highest BCUT2D eigenvalue weighted by Crippen LogP contribution is 2.48. The lowest BCUT2D eigenvalue weighted by atomic mass is 9.79. The quantitative estimate of drug-likeness (QED) is 0.374. The minimum atomic E-state index is -1.04. The van der Waals surface area contributed by atoms with Gasteiger partial charge < -0.3 is 15.3 Å². The van der Waals surface area contributed by atoms with Gasteiger partial charge in [-0.25, -0.2) is 4.79 Å². The van der Waals surface area contributed by atoms with E-state index in [1.807, 2.05) is 0 Å². The first-order valence-corrected chi connectivity index (χ1v) is 9.14. The van der Waals surface area contributed by atoms with Crippen molar-refractivity contribution in [1.29, 1.82) is 0 Å². The van der Waals surface area contributed by atoms with E-state index < -0.39 is 24.8 Å². The number of carboxylic acid groups (broad SMARTS) is 1. The van der Waals surface area contributed by atoms with Crippen molar-refractivity contribution in [3.8, 4) is 11.8 Å². The van der Waals surface area contributed by atoms with Crippen molar-refractivity contribution in [1.82, 2.24) is 5.48 Å². The van der Waals surface area contributed by atoms with Gasteiger partial charge in [0.05, 0.1) is 12.0 Å². The van der Waals surface area contributed by atoms with Gasteiger partial charge in [0.25, 0.3) is 0 Å². The molecule has 4 unspecified atom stereocenters. The standard InChI is InChI=1S/C19H29NO5/c1-3-12(4-2)5-6-13(21)7-8-14-15-9-17(16(15)10-18(14)22)20-25-11-19(23)24/h12-15,18,20-22H,3-6,9-11H2,1-2H3,(H,23,24). The predicted octanol–water partition coefficient (Wildman–Crippen LogP) is 1.83. The van der Waals surface area contributed by atoms with Crippen LogP contribution in [0, 0.1) is 29.6 Å². The Balaban J connectivity index is 1.84. The van der Waals surface area contributed by atoms with Crippen molar-refractivity contribution in [3.63, 3.8) is 0 Å². The normalized spacial score (nSPS) is 25.9. The van der Waals surface area contributed by atoms with E-state index in [0.29, 0.717) is 25.2 Å². The Labute approximate surface area is 149 Å². The molecule has 0 aromatic heterocycles. The third-order valence-electron chi connectivity index (χ3n) is 5.35. The first-order chi connectivity index (χ1) is 12.0. The second kappa shape index (κ2) is 9.23. The molecule has 0 saturated heterocycles. The van der Waals surface area contributed by atoms with E-state index in [4.69, 9.17) is 9.94 Å². The first-order valence-electron chi connectivity index (χ1n) is 9.14. The maximum atomic E-state index is 10.4. The summed E-state index contributed by atoms with van der Waals surface area (Å²) in [6.45, 7) is 3.92. The molecule has 0 spiro atoms. The number of hydroxylamine groups is 1. The molecule has 4 atom stereocenters. The van der Waals surface area contributed by atoms with Crippen LogP contribution in [-0.4, -0.2) is 40.1 Å². The molecule has 6 heteroatoms. The molecule has 0 aromatic carbocycles. The van der Waals surface area contributed by atoms with Gasteiger partial charge in [-0.15, -0.1) is 0 Å². The van der Waals surface area contributed by atoms with E-state index in [-0.39, 0.29) is 11.8 Å². The Bertz CT molecular complexity index is 558. The van der Waals surface area contributed by atoms with Gasteiger partial charge in [0.2, 0.25) is 0 Å². The summed E-state index contributed by atoms with van der Waals surface area (Å²) in [7, 11) is 0. The van der Waals surface area contributed by atoms with Gasteiger partial charge >= 0.3 is 5.97 Å². The zero-order chi connectivity index (χ0) is 18.4. The van der Waals surface area contributed by atoms with Crippen LogP contribution in [-0.2, 0) is 9.63 Å². The number of aliphatic hydroxyl groups excluding tert-OH is 2. The highest BCUT2D eigenvalue weighted by molar-refractivity contribution is 5.67. The molecule has 4 N–H and O–H groups in total. The Kier molecular flexibility index (Phi) is 7.30. The van der Waals surface area contributed by atoms with Crippen molar-refractivity contribution in [2.75, 3.05) is 6.61 Å². The summed E-state index contributed by atoms with van der Waals surface area (Å²) in [5, 5.41) is 28.9. The Morgan fingerprint density at radius 3 is 2.68 bits per heavy atom. The van der Waals surface area contributed by atoms with E-state index >= 15 is 0 Å². The third kappa shape index (κ3) is 5.21. The summed E-state index contributed by atoms with van der Waals surface area (Å²) in [6.07, 6.45) is 3.91. The molecule has 0 radical (unpaired) electrons. The van der Waals surface area contributed by atoms with Crippen LogP contribution in [0.4, 0.5) is 0 Å². The minimum absolute atomic E-state index is 0.164. The lowest BCUT2D eigenvalue weighted by Gasteiger charge is -2.30. The van der Waals surface area contributed by atoms with E-state index in [0.717, 1.165) is 30.5 Å². The lowest BCUT2D eigenvalue weighted by Crippen LogP contribution is -2.30. The van der Waals surface area contributed by atoms with Crippen LogP contribution in [0.1, 0.15) is 52.4 Å². The van der Waals surface area contributed by atoms with Gasteiger partial charge in [-0.3, -0.25) is 10.3 Å². The maximum Gasteiger partial charge on any atom is 0.332 e.